The second kappa shape index (κ2) is 8.71. The van der Waals surface area contributed by atoms with Gasteiger partial charge in [-0.25, -0.2) is 12.8 Å². The largest absolute Gasteiger partial charge is 0.355 e. The molecule has 29 heavy (non-hydrogen) atoms. The second-order valence-corrected chi connectivity index (χ2v) is 8.72. The molecule has 0 bridgehead atoms. The van der Waals surface area contributed by atoms with Crippen LogP contribution in [0.5, 0.6) is 0 Å². The molecule has 7 nitrogen and oxygen atoms in total. The maximum atomic E-state index is 13.1. The third kappa shape index (κ3) is 4.80. The van der Waals surface area contributed by atoms with Crippen molar-refractivity contribution in [3.05, 3.63) is 59.9 Å². The highest BCUT2D eigenvalue weighted by Gasteiger charge is 2.32. The zero-order valence-electron chi connectivity index (χ0n) is 15.9. The van der Waals surface area contributed by atoms with Crippen molar-refractivity contribution in [2.24, 2.45) is 5.92 Å². The fourth-order valence-corrected chi connectivity index (χ4v) is 4.71. The van der Waals surface area contributed by atoms with Crippen LogP contribution in [0.4, 0.5) is 10.1 Å². The molecule has 0 atom stereocenters. The van der Waals surface area contributed by atoms with Crippen LogP contribution in [0.3, 0.4) is 0 Å². The van der Waals surface area contributed by atoms with Crippen LogP contribution in [0.2, 0.25) is 0 Å². The summed E-state index contributed by atoms with van der Waals surface area (Å²) < 4.78 is 39.7. The molecule has 0 spiro atoms. The molecule has 3 rings (SSSR count). The Labute approximate surface area is 169 Å². The third-order valence-corrected chi connectivity index (χ3v) is 6.81. The van der Waals surface area contributed by atoms with Crippen LogP contribution in [0.15, 0.2) is 53.4 Å². The molecular formula is C20H22FN3O4S. The number of carbonyl (C=O) groups is 2. The van der Waals surface area contributed by atoms with Gasteiger partial charge in [-0.2, -0.15) is 4.31 Å². The first-order valence-corrected chi connectivity index (χ1v) is 10.6. The summed E-state index contributed by atoms with van der Waals surface area (Å²) >= 11 is 0. The van der Waals surface area contributed by atoms with Crippen LogP contribution in [0, 0.1) is 11.7 Å². The van der Waals surface area contributed by atoms with E-state index in [1.165, 1.54) is 23.5 Å². The van der Waals surface area contributed by atoms with Crippen LogP contribution in [-0.2, 0) is 14.8 Å². The van der Waals surface area contributed by atoms with Crippen molar-refractivity contribution in [2.45, 2.75) is 17.7 Å². The number of nitrogens with zero attached hydrogens (tertiary/aromatic N) is 1. The van der Waals surface area contributed by atoms with Gasteiger partial charge in [-0.1, -0.05) is 6.07 Å². The Morgan fingerprint density at radius 1 is 1.07 bits per heavy atom. The van der Waals surface area contributed by atoms with Gasteiger partial charge in [-0.3, -0.25) is 9.59 Å². The Kier molecular flexibility index (Phi) is 6.29. The number of sulfonamides is 1. The minimum absolute atomic E-state index is 0.0350. The Morgan fingerprint density at radius 3 is 2.34 bits per heavy atom. The van der Waals surface area contributed by atoms with Crippen molar-refractivity contribution >= 4 is 27.5 Å². The minimum atomic E-state index is -3.71. The lowest BCUT2D eigenvalue weighted by Crippen LogP contribution is -2.41. The average molecular weight is 419 g/mol. The Balaban J connectivity index is 1.61. The molecular weight excluding hydrogens is 397 g/mol. The third-order valence-electron chi connectivity index (χ3n) is 4.90. The highest BCUT2D eigenvalue weighted by atomic mass is 32.2. The predicted molar refractivity (Wildman–Crippen MR) is 106 cm³/mol. The molecule has 1 aliphatic heterocycles. The van der Waals surface area contributed by atoms with Gasteiger partial charge in [0.1, 0.15) is 5.82 Å². The normalized spacial score (nSPS) is 15.7. The SMILES string of the molecule is CNC(=O)c1cccc(NC(=O)C2CCN(S(=O)(=O)c3ccc(F)cc3)CC2)c1. The molecule has 0 saturated carbocycles. The van der Waals surface area contributed by atoms with Gasteiger partial charge in [0.25, 0.3) is 5.91 Å². The van der Waals surface area contributed by atoms with Gasteiger partial charge < -0.3 is 10.6 Å². The number of anilines is 1. The molecule has 1 heterocycles. The fourth-order valence-electron chi connectivity index (χ4n) is 3.24. The van der Waals surface area contributed by atoms with Crippen molar-refractivity contribution in [3.8, 4) is 0 Å². The first-order chi connectivity index (χ1) is 13.8. The molecule has 0 radical (unpaired) electrons. The molecule has 154 valence electrons. The minimum Gasteiger partial charge on any atom is -0.355 e. The number of rotatable bonds is 5. The summed E-state index contributed by atoms with van der Waals surface area (Å²) in [6.07, 6.45) is 0.753. The fraction of sp³-hybridized carbons (Fsp3) is 0.300. The number of carbonyl (C=O) groups excluding carboxylic acids is 2. The molecule has 0 aliphatic carbocycles. The number of amides is 2. The molecule has 2 amide bonds. The molecule has 2 aromatic carbocycles. The topological polar surface area (TPSA) is 95.6 Å². The van der Waals surface area contributed by atoms with Crippen molar-refractivity contribution in [1.29, 1.82) is 0 Å². The van der Waals surface area contributed by atoms with Crippen LogP contribution >= 0.6 is 0 Å². The summed E-state index contributed by atoms with van der Waals surface area (Å²) in [5, 5.41) is 5.32. The first kappa shape index (κ1) is 20.9. The van der Waals surface area contributed by atoms with E-state index < -0.39 is 15.8 Å². The summed E-state index contributed by atoms with van der Waals surface area (Å²) in [6, 6.07) is 11.3. The first-order valence-electron chi connectivity index (χ1n) is 9.20. The molecule has 0 unspecified atom stereocenters. The summed E-state index contributed by atoms with van der Waals surface area (Å²) in [5.41, 5.74) is 0.947. The average Bonchev–Trinajstić information content (AvgIpc) is 2.73. The smallest absolute Gasteiger partial charge is 0.251 e. The van der Waals surface area contributed by atoms with E-state index in [0.717, 1.165) is 12.1 Å². The van der Waals surface area contributed by atoms with Gasteiger partial charge >= 0.3 is 0 Å². The maximum absolute atomic E-state index is 13.1. The number of piperidine rings is 1. The lowest BCUT2D eigenvalue weighted by Gasteiger charge is -2.30. The Bertz CT molecular complexity index is 1000. The standard InChI is InChI=1S/C20H22FN3O4S/c1-22-19(25)15-3-2-4-17(13-15)23-20(26)14-9-11-24(12-10-14)29(27,28)18-7-5-16(21)6-8-18/h2-8,13-14H,9-12H2,1H3,(H,22,25)(H,23,26). The maximum Gasteiger partial charge on any atom is 0.251 e. The van der Waals surface area contributed by atoms with Crippen LogP contribution in [0.25, 0.3) is 0 Å². The van der Waals surface area contributed by atoms with Gasteiger partial charge in [0.2, 0.25) is 15.9 Å². The van der Waals surface area contributed by atoms with E-state index in [9.17, 15) is 22.4 Å². The summed E-state index contributed by atoms with van der Waals surface area (Å²) in [6.45, 7) is 0.409. The molecule has 9 heteroatoms. The van der Waals surface area contributed by atoms with Gasteiger partial charge in [-0.05, 0) is 55.3 Å². The number of hydrogen-bond donors (Lipinski definition) is 2. The van der Waals surface area contributed by atoms with Crippen molar-refractivity contribution in [3.63, 3.8) is 0 Å². The van der Waals surface area contributed by atoms with E-state index in [-0.39, 0.29) is 35.7 Å². The molecule has 1 fully saturated rings. The van der Waals surface area contributed by atoms with E-state index in [1.807, 2.05) is 0 Å². The van der Waals surface area contributed by atoms with Gasteiger partial charge in [0.15, 0.2) is 0 Å². The number of nitrogens with one attached hydrogen (secondary N) is 2. The number of benzene rings is 2. The van der Waals surface area contributed by atoms with Gasteiger partial charge in [-0.15, -0.1) is 0 Å². The predicted octanol–water partition coefficient (Wildman–Crippen LogP) is 2.22. The van der Waals surface area contributed by atoms with Crippen molar-refractivity contribution in [1.82, 2.24) is 9.62 Å². The van der Waals surface area contributed by atoms with E-state index in [1.54, 1.807) is 24.3 Å². The highest BCUT2D eigenvalue weighted by molar-refractivity contribution is 7.89. The van der Waals surface area contributed by atoms with Gasteiger partial charge in [0.05, 0.1) is 4.90 Å². The van der Waals surface area contributed by atoms with Crippen molar-refractivity contribution in [2.75, 3.05) is 25.5 Å². The van der Waals surface area contributed by atoms with Crippen molar-refractivity contribution < 1.29 is 22.4 Å². The van der Waals surface area contributed by atoms with Gasteiger partial charge in [0, 0.05) is 37.3 Å². The van der Waals surface area contributed by atoms with E-state index >= 15 is 0 Å². The zero-order valence-corrected chi connectivity index (χ0v) is 16.7. The molecule has 2 aromatic rings. The van der Waals surface area contributed by atoms with E-state index in [0.29, 0.717) is 24.1 Å². The summed E-state index contributed by atoms with van der Waals surface area (Å²) in [5.74, 6) is -1.29. The zero-order chi connectivity index (χ0) is 21.0. The summed E-state index contributed by atoms with van der Waals surface area (Å²) in [7, 11) is -2.19. The van der Waals surface area contributed by atoms with Crippen LogP contribution in [-0.4, -0.2) is 44.7 Å². The lowest BCUT2D eigenvalue weighted by atomic mass is 9.97. The van der Waals surface area contributed by atoms with E-state index in [2.05, 4.69) is 10.6 Å². The number of hydrogen-bond acceptors (Lipinski definition) is 4. The van der Waals surface area contributed by atoms with E-state index in [4.69, 9.17) is 0 Å². The second-order valence-electron chi connectivity index (χ2n) is 6.78. The summed E-state index contributed by atoms with van der Waals surface area (Å²) in [4.78, 5) is 24.3. The molecule has 0 aromatic heterocycles. The molecule has 2 N–H and O–H groups in total. The number of halogens is 1. The Hall–Kier alpha value is -2.78. The molecule has 1 aliphatic rings. The highest BCUT2D eigenvalue weighted by Crippen LogP contribution is 2.25. The molecule has 1 saturated heterocycles. The Morgan fingerprint density at radius 2 is 1.72 bits per heavy atom. The van der Waals surface area contributed by atoms with Crippen LogP contribution < -0.4 is 10.6 Å². The quantitative estimate of drug-likeness (QED) is 0.777. The lowest BCUT2D eigenvalue weighted by molar-refractivity contribution is -0.120. The van der Waals surface area contributed by atoms with Crippen LogP contribution in [0.1, 0.15) is 23.2 Å². The monoisotopic (exact) mass is 419 g/mol.